The second kappa shape index (κ2) is 10.3. The van der Waals surface area contributed by atoms with Crippen molar-refractivity contribution in [1.29, 1.82) is 0 Å². The van der Waals surface area contributed by atoms with E-state index in [9.17, 15) is 4.79 Å². The number of nitrogens with one attached hydrogen (secondary N) is 2. The number of thiazole rings is 1. The third-order valence-corrected chi connectivity index (χ3v) is 7.30. The number of carbonyl (C=O) groups excluding carboxylic acids is 1. The van der Waals surface area contributed by atoms with Crippen LogP contribution in [0.3, 0.4) is 0 Å². The van der Waals surface area contributed by atoms with Crippen LogP contribution in [0.15, 0.2) is 29.3 Å². The van der Waals surface area contributed by atoms with Crippen molar-refractivity contribution in [2.75, 3.05) is 27.2 Å². The van der Waals surface area contributed by atoms with Crippen molar-refractivity contribution in [3.63, 3.8) is 0 Å². The number of amides is 1. The van der Waals surface area contributed by atoms with Gasteiger partial charge in [-0.05, 0) is 56.1 Å². The maximum Gasteiger partial charge on any atom is 0.243 e. The summed E-state index contributed by atoms with van der Waals surface area (Å²) in [6.07, 6.45) is 8.87. The van der Waals surface area contributed by atoms with E-state index < -0.39 is 0 Å². The number of aromatic nitrogens is 1. The number of rotatable bonds is 6. The second-order valence-corrected chi connectivity index (χ2v) is 9.84. The summed E-state index contributed by atoms with van der Waals surface area (Å²) in [4.78, 5) is 24.5. The Balaban J connectivity index is 1.36. The SMILES string of the molecule is CN(C)C(=O)CN=C(NCCc1nc2c(s1)CCCC2)NC1CCc2ccccc2C1. The minimum absolute atomic E-state index is 0.00249. The highest BCUT2D eigenvalue weighted by Crippen LogP contribution is 2.26. The standard InChI is InChI=1S/C24H33N5OS/c1-29(2)23(30)16-26-24(27-19-12-11-17-7-3-4-8-18(17)15-19)25-14-13-22-28-20-9-5-6-10-21(20)31-22/h3-4,7-8,19H,5-6,9-16H2,1-2H3,(H2,25,26,27). The highest BCUT2D eigenvalue weighted by molar-refractivity contribution is 7.11. The van der Waals surface area contributed by atoms with Crippen molar-refractivity contribution in [3.8, 4) is 0 Å². The molecule has 6 nitrogen and oxygen atoms in total. The van der Waals surface area contributed by atoms with Crippen LogP contribution in [0.25, 0.3) is 0 Å². The van der Waals surface area contributed by atoms with Gasteiger partial charge in [0.05, 0.1) is 10.7 Å². The van der Waals surface area contributed by atoms with E-state index in [-0.39, 0.29) is 12.5 Å². The normalized spacial score (nSPS) is 18.1. The zero-order chi connectivity index (χ0) is 21.6. The van der Waals surface area contributed by atoms with Crippen LogP contribution in [0.5, 0.6) is 0 Å². The lowest BCUT2D eigenvalue weighted by molar-refractivity contribution is -0.127. The number of nitrogens with zero attached hydrogens (tertiary/aromatic N) is 3. The molecule has 1 aromatic heterocycles. The van der Waals surface area contributed by atoms with Gasteiger partial charge in [0.25, 0.3) is 0 Å². The summed E-state index contributed by atoms with van der Waals surface area (Å²) in [6.45, 7) is 0.912. The number of fused-ring (bicyclic) bond motifs is 2. The molecule has 0 radical (unpaired) electrons. The van der Waals surface area contributed by atoms with E-state index >= 15 is 0 Å². The molecule has 2 N–H and O–H groups in total. The van der Waals surface area contributed by atoms with Crippen LogP contribution in [0, 0.1) is 0 Å². The Morgan fingerprint density at radius 3 is 2.81 bits per heavy atom. The predicted molar refractivity (Wildman–Crippen MR) is 127 cm³/mol. The molecule has 166 valence electrons. The number of benzene rings is 1. The first-order chi connectivity index (χ1) is 15.1. The van der Waals surface area contributed by atoms with Crippen molar-refractivity contribution in [1.82, 2.24) is 20.5 Å². The summed E-state index contributed by atoms with van der Waals surface area (Å²) >= 11 is 1.86. The average molecular weight is 440 g/mol. The lowest BCUT2D eigenvalue weighted by Crippen LogP contribution is -2.46. The zero-order valence-corrected chi connectivity index (χ0v) is 19.4. The first-order valence-corrected chi connectivity index (χ1v) is 12.2. The van der Waals surface area contributed by atoms with Crippen LogP contribution >= 0.6 is 11.3 Å². The number of hydrogen-bond donors (Lipinski definition) is 2. The van der Waals surface area contributed by atoms with Gasteiger partial charge in [-0.15, -0.1) is 11.3 Å². The van der Waals surface area contributed by atoms with E-state index in [1.807, 2.05) is 11.3 Å². The molecule has 1 aromatic carbocycles. The molecule has 0 spiro atoms. The van der Waals surface area contributed by atoms with Gasteiger partial charge in [0.2, 0.25) is 5.91 Å². The van der Waals surface area contributed by atoms with Gasteiger partial charge >= 0.3 is 0 Å². The van der Waals surface area contributed by atoms with Crippen LogP contribution in [0.4, 0.5) is 0 Å². The van der Waals surface area contributed by atoms with Crippen LogP contribution in [0.2, 0.25) is 0 Å². The number of aryl methyl sites for hydroxylation is 3. The molecular weight excluding hydrogens is 406 g/mol. The summed E-state index contributed by atoms with van der Waals surface area (Å²) in [5, 5.41) is 8.23. The Hall–Kier alpha value is -2.41. The topological polar surface area (TPSA) is 69.6 Å². The molecule has 0 fully saturated rings. The van der Waals surface area contributed by atoms with Crippen molar-refractivity contribution < 1.29 is 4.79 Å². The fourth-order valence-electron chi connectivity index (χ4n) is 4.26. The first-order valence-electron chi connectivity index (χ1n) is 11.4. The molecule has 2 aromatic rings. The Morgan fingerprint density at radius 2 is 2.00 bits per heavy atom. The molecule has 1 atom stereocenters. The summed E-state index contributed by atoms with van der Waals surface area (Å²) in [5.41, 5.74) is 4.17. The summed E-state index contributed by atoms with van der Waals surface area (Å²) in [5.74, 6) is 0.726. The summed E-state index contributed by atoms with van der Waals surface area (Å²) in [7, 11) is 3.53. The number of hydrogen-bond acceptors (Lipinski definition) is 4. The van der Waals surface area contributed by atoms with Crippen LogP contribution in [-0.4, -0.2) is 55.0 Å². The second-order valence-electron chi connectivity index (χ2n) is 8.67. The molecule has 2 aliphatic rings. The largest absolute Gasteiger partial charge is 0.356 e. The van der Waals surface area contributed by atoms with Crippen molar-refractivity contribution >= 4 is 23.2 Å². The third kappa shape index (κ3) is 5.85. The molecule has 2 aliphatic carbocycles. The Morgan fingerprint density at radius 1 is 1.19 bits per heavy atom. The van der Waals surface area contributed by atoms with Gasteiger partial charge in [-0.25, -0.2) is 9.98 Å². The lowest BCUT2D eigenvalue weighted by atomic mass is 9.88. The average Bonchev–Trinajstić information content (AvgIpc) is 3.19. The minimum Gasteiger partial charge on any atom is -0.356 e. The van der Waals surface area contributed by atoms with Crippen molar-refractivity contribution in [2.45, 2.75) is 57.4 Å². The summed E-state index contributed by atoms with van der Waals surface area (Å²) in [6, 6.07) is 8.99. The van der Waals surface area contributed by atoms with E-state index in [4.69, 9.17) is 4.98 Å². The quantitative estimate of drug-likeness (QED) is 0.536. The van der Waals surface area contributed by atoms with Gasteiger partial charge in [-0.1, -0.05) is 24.3 Å². The number of carbonyl (C=O) groups is 1. The fourth-order valence-corrected chi connectivity index (χ4v) is 5.41. The number of aliphatic imine (C=N–C) groups is 1. The maximum atomic E-state index is 12.1. The highest BCUT2D eigenvalue weighted by atomic mass is 32.1. The Labute approximate surface area is 189 Å². The van der Waals surface area contributed by atoms with Gasteiger partial charge in [-0.3, -0.25) is 4.79 Å². The van der Waals surface area contributed by atoms with E-state index in [1.165, 1.54) is 46.0 Å². The molecule has 0 aliphatic heterocycles. The number of likely N-dealkylation sites (N-methyl/N-ethyl adjacent to an activating group) is 1. The highest BCUT2D eigenvalue weighted by Gasteiger charge is 2.20. The molecule has 31 heavy (non-hydrogen) atoms. The number of guanidine groups is 1. The first kappa shape index (κ1) is 21.8. The molecule has 1 heterocycles. The van der Waals surface area contributed by atoms with Gasteiger partial charge in [0.15, 0.2) is 5.96 Å². The molecule has 1 unspecified atom stereocenters. The third-order valence-electron chi connectivity index (χ3n) is 6.08. The summed E-state index contributed by atoms with van der Waals surface area (Å²) < 4.78 is 0. The van der Waals surface area contributed by atoms with Gasteiger partial charge in [0.1, 0.15) is 6.54 Å². The van der Waals surface area contributed by atoms with Gasteiger partial charge in [0, 0.05) is 38.0 Å². The lowest BCUT2D eigenvalue weighted by Gasteiger charge is -2.27. The van der Waals surface area contributed by atoms with E-state index in [0.29, 0.717) is 6.04 Å². The molecule has 4 rings (SSSR count). The minimum atomic E-state index is 0.00249. The van der Waals surface area contributed by atoms with E-state index in [0.717, 1.165) is 44.6 Å². The molecule has 7 heteroatoms. The molecule has 0 saturated carbocycles. The molecular formula is C24H33N5OS. The fraction of sp³-hybridized carbons (Fsp3) is 0.542. The van der Waals surface area contributed by atoms with Crippen LogP contribution in [0.1, 0.15) is 46.0 Å². The van der Waals surface area contributed by atoms with Gasteiger partial charge in [-0.2, -0.15) is 0 Å². The van der Waals surface area contributed by atoms with Gasteiger partial charge < -0.3 is 15.5 Å². The predicted octanol–water partition coefficient (Wildman–Crippen LogP) is 2.75. The molecule has 1 amide bonds. The Bertz CT molecular complexity index is 912. The molecule has 0 saturated heterocycles. The van der Waals surface area contributed by atoms with Crippen LogP contribution < -0.4 is 10.6 Å². The molecule has 0 bridgehead atoms. The van der Waals surface area contributed by atoms with Crippen LogP contribution in [-0.2, 0) is 36.9 Å². The Kier molecular flexibility index (Phi) is 7.22. The smallest absolute Gasteiger partial charge is 0.243 e. The monoisotopic (exact) mass is 439 g/mol. The zero-order valence-electron chi connectivity index (χ0n) is 18.6. The van der Waals surface area contributed by atoms with E-state index in [2.05, 4.69) is 39.9 Å². The maximum absolute atomic E-state index is 12.1. The van der Waals surface area contributed by atoms with E-state index in [1.54, 1.807) is 19.0 Å². The van der Waals surface area contributed by atoms with Crippen molar-refractivity contribution in [2.24, 2.45) is 4.99 Å². The van der Waals surface area contributed by atoms with Crippen molar-refractivity contribution in [3.05, 3.63) is 51.0 Å².